The van der Waals surface area contributed by atoms with E-state index in [1.54, 1.807) is 18.2 Å². The summed E-state index contributed by atoms with van der Waals surface area (Å²) in [5, 5.41) is 3.97. The van der Waals surface area contributed by atoms with Crippen LogP contribution >= 0.6 is 23.2 Å². The van der Waals surface area contributed by atoms with Crippen LogP contribution < -0.4 is 9.62 Å². The van der Waals surface area contributed by atoms with Gasteiger partial charge in [-0.05, 0) is 115 Å². The molecule has 0 saturated heterocycles. The smallest absolute Gasteiger partial charge is 0.244 e. The largest absolute Gasteiger partial charge is 0.352 e. The van der Waals surface area contributed by atoms with Crippen LogP contribution in [0.1, 0.15) is 87.3 Å². The van der Waals surface area contributed by atoms with Crippen molar-refractivity contribution in [2.75, 3.05) is 17.1 Å². The first-order valence-corrected chi connectivity index (χ1v) is 21.2. The lowest BCUT2D eigenvalue weighted by molar-refractivity contribution is -0.140. The minimum Gasteiger partial charge on any atom is -0.352 e. The van der Waals surface area contributed by atoms with Crippen molar-refractivity contribution in [1.82, 2.24) is 10.2 Å². The fraction of sp³-hybridized carbons (Fsp3) is 0.512. The van der Waals surface area contributed by atoms with Crippen LogP contribution in [0, 0.1) is 17.8 Å². The molecule has 10 heteroatoms. The Labute approximate surface area is 313 Å². The zero-order chi connectivity index (χ0) is 35.8. The summed E-state index contributed by atoms with van der Waals surface area (Å²) in [6, 6.07) is 21.8. The van der Waals surface area contributed by atoms with E-state index in [1.807, 2.05) is 42.5 Å². The quantitative estimate of drug-likeness (QED) is 0.202. The van der Waals surface area contributed by atoms with Crippen LogP contribution in [0.3, 0.4) is 0 Å². The van der Waals surface area contributed by atoms with Crippen LogP contribution in [-0.4, -0.2) is 50.0 Å². The van der Waals surface area contributed by atoms with E-state index in [2.05, 4.69) is 17.4 Å². The van der Waals surface area contributed by atoms with Crippen molar-refractivity contribution in [3.63, 3.8) is 0 Å². The zero-order valence-electron chi connectivity index (χ0n) is 29.4. The normalized spacial score (nSPS) is 25.0. The van der Waals surface area contributed by atoms with Crippen molar-refractivity contribution in [3.8, 4) is 0 Å². The second kappa shape index (κ2) is 15.1. The first kappa shape index (κ1) is 36.3. The number of amides is 2. The molecule has 51 heavy (non-hydrogen) atoms. The van der Waals surface area contributed by atoms with Crippen LogP contribution in [0.5, 0.6) is 0 Å². The van der Waals surface area contributed by atoms with E-state index in [0.717, 1.165) is 61.7 Å². The summed E-state index contributed by atoms with van der Waals surface area (Å²) in [6.07, 6.45) is 14.1. The van der Waals surface area contributed by atoms with Crippen LogP contribution in [0.15, 0.2) is 72.8 Å². The minimum absolute atomic E-state index is 0.0338. The van der Waals surface area contributed by atoms with E-state index in [9.17, 15) is 18.0 Å². The fourth-order valence-corrected chi connectivity index (χ4v) is 11.2. The predicted molar refractivity (Wildman–Crippen MR) is 204 cm³/mol. The maximum atomic E-state index is 14.6. The summed E-state index contributed by atoms with van der Waals surface area (Å²) in [6.45, 7) is -0.396. The summed E-state index contributed by atoms with van der Waals surface area (Å²) in [5.74, 6) is 1.66. The van der Waals surface area contributed by atoms with E-state index in [4.69, 9.17) is 23.2 Å². The molecule has 3 aromatic rings. The summed E-state index contributed by atoms with van der Waals surface area (Å²) in [7, 11) is -3.87. The van der Waals surface area contributed by atoms with Crippen molar-refractivity contribution in [2.45, 2.75) is 101 Å². The number of anilines is 1. The summed E-state index contributed by atoms with van der Waals surface area (Å²) in [5.41, 5.74) is 3.49. The molecular formula is C41H49Cl2N3O4S. The Hall–Kier alpha value is -3.07. The molecular weight excluding hydrogens is 701 g/mol. The summed E-state index contributed by atoms with van der Waals surface area (Å²) in [4.78, 5) is 30.4. The Morgan fingerprint density at radius 2 is 1.45 bits per heavy atom. The Kier molecular flexibility index (Phi) is 10.8. The molecule has 5 aliphatic carbocycles. The number of benzene rings is 3. The number of carbonyl (C=O) groups excluding carboxylic acids is 2. The van der Waals surface area contributed by atoms with Crippen molar-refractivity contribution < 1.29 is 18.0 Å². The maximum absolute atomic E-state index is 14.6. The van der Waals surface area contributed by atoms with E-state index < -0.39 is 28.5 Å². The van der Waals surface area contributed by atoms with E-state index in [0.29, 0.717) is 21.3 Å². The predicted octanol–water partition coefficient (Wildman–Crippen LogP) is 8.32. The third kappa shape index (κ3) is 8.29. The van der Waals surface area contributed by atoms with Gasteiger partial charge in [0.25, 0.3) is 0 Å². The van der Waals surface area contributed by atoms with Crippen LogP contribution in [0.2, 0.25) is 10.0 Å². The molecule has 1 unspecified atom stereocenters. The first-order chi connectivity index (χ1) is 24.5. The fourth-order valence-electron chi connectivity index (χ4n) is 9.99. The zero-order valence-corrected chi connectivity index (χ0v) is 31.7. The molecule has 5 fully saturated rings. The van der Waals surface area contributed by atoms with Crippen molar-refractivity contribution >= 4 is 50.7 Å². The first-order valence-electron chi connectivity index (χ1n) is 18.6. The topological polar surface area (TPSA) is 86.8 Å². The van der Waals surface area contributed by atoms with Gasteiger partial charge in [-0.25, -0.2) is 8.42 Å². The van der Waals surface area contributed by atoms with Gasteiger partial charge in [0.05, 0.1) is 22.0 Å². The lowest BCUT2D eigenvalue weighted by atomic mass is 9.48. The van der Waals surface area contributed by atoms with Gasteiger partial charge in [-0.15, -0.1) is 0 Å². The van der Waals surface area contributed by atoms with Gasteiger partial charge in [-0.3, -0.25) is 13.9 Å². The Bertz CT molecular complexity index is 1790. The van der Waals surface area contributed by atoms with Gasteiger partial charge in [0.1, 0.15) is 12.6 Å². The molecule has 5 aliphatic rings. The number of nitrogens with zero attached hydrogens (tertiary/aromatic N) is 2. The highest BCUT2D eigenvalue weighted by atomic mass is 35.5. The third-order valence-electron chi connectivity index (χ3n) is 12.0. The monoisotopic (exact) mass is 749 g/mol. The molecule has 2 amide bonds. The molecule has 7 nitrogen and oxygen atoms in total. The Morgan fingerprint density at radius 3 is 2.04 bits per heavy atom. The highest BCUT2D eigenvalue weighted by molar-refractivity contribution is 7.92. The number of hydrogen-bond donors (Lipinski definition) is 1. The van der Waals surface area contributed by atoms with Gasteiger partial charge >= 0.3 is 0 Å². The van der Waals surface area contributed by atoms with Gasteiger partial charge in [0.15, 0.2) is 0 Å². The summed E-state index contributed by atoms with van der Waals surface area (Å²) >= 11 is 12.7. The molecule has 0 aromatic heterocycles. The van der Waals surface area contributed by atoms with E-state index in [-0.39, 0.29) is 30.3 Å². The lowest BCUT2D eigenvalue weighted by Crippen LogP contribution is -2.55. The minimum atomic E-state index is -3.87. The number of nitrogens with one attached hydrogen (secondary N) is 1. The van der Waals surface area contributed by atoms with Gasteiger partial charge in [-0.2, -0.15) is 0 Å². The Morgan fingerprint density at radius 1 is 0.824 bits per heavy atom. The number of hydrogen-bond acceptors (Lipinski definition) is 4. The lowest BCUT2D eigenvalue weighted by Gasteiger charge is -2.57. The van der Waals surface area contributed by atoms with Gasteiger partial charge < -0.3 is 10.2 Å². The number of halogens is 2. The molecule has 0 radical (unpaired) electrons. The SMILES string of the molecule is CS(=O)(=O)N(CC(=O)N(Cc1ccc(Cl)c(Cl)c1)C(Cc1ccccc1)C(=O)NC1CCCCC1)c1ccc(C23CC4CC(CC(C4)C2)C3)cc1. The molecule has 0 aliphatic heterocycles. The average Bonchev–Trinajstić information content (AvgIpc) is 3.10. The van der Waals surface area contributed by atoms with Crippen LogP contribution in [-0.2, 0) is 38.0 Å². The Balaban J connectivity index is 1.19. The van der Waals surface area contributed by atoms with Gasteiger partial charge in [0.2, 0.25) is 21.8 Å². The highest BCUT2D eigenvalue weighted by Crippen LogP contribution is 2.60. The molecule has 3 aromatic carbocycles. The van der Waals surface area contributed by atoms with Crippen molar-refractivity contribution in [1.29, 1.82) is 0 Å². The highest BCUT2D eigenvalue weighted by Gasteiger charge is 2.51. The van der Waals surface area contributed by atoms with Crippen molar-refractivity contribution in [3.05, 3.63) is 99.5 Å². The molecule has 8 rings (SSSR count). The van der Waals surface area contributed by atoms with Crippen LogP contribution in [0.25, 0.3) is 0 Å². The standard InChI is InChI=1S/C41H49Cl2N3O4S/c1-51(49,50)46(35-15-13-33(14-16-35)41-23-30-18-31(24-41)20-32(19-30)25-41)27-39(47)45(26-29-12-17-36(42)37(43)21-29)38(22-28-8-4-2-5-9-28)40(48)44-34-10-6-3-7-11-34/h2,4-5,8-9,12-17,21,30-32,34,38H,3,6-7,10-11,18-20,22-27H2,1H3,(H,44,48). The average molecular weight is 751 g/mol. The molecule has 4 bridgehead atoms. The second-order valence-electron chi connectivity index (χ2n) is 15.8. The number of carbonyl (C=O) groups is 2. The molecule has 1 N–H and O–H groups in total. The maximum Gasteiger partial charge on any atom is 0.244 e. The molecule has 5 saturated carbocycles. The molecule has 0 heterocycles. The van der Waals surface area contributed by atoms with E-state index >= 15 is 0 Å². The third-order valence-corrected chi connectivity index (χ3v) is 13.9. The van der Waals surface area contributed by atoms with Gasteiger partial charge in [-0.1, -0.05) is 91.0 Å². The second-order valence-corrected chi connectivity index (χ2v) is 18.6. The molecule has 0 spiro atoms. The van der Waals surface area contributed by atoms with E-state index in [1.165, 1.54) is 53.3 Å². The van der Waals surface area contributed by atoms with Crippen LogP contribution in [0.4, 0.5) is 5.69 Å². The van der Waals surface area contributed by atoms with Crippen molar-refractivity contribution in [2.24, 2.45) is 17.8 Å². The summed E-state index contributed by atoms with van der Waals surface area (Å²) < 4.78 is 28.1. The van der Waals surface area contributed by atoms with Gasteiger partial charge in [0, 0.05) is 19.0 Å². The molecule has 272 valence electrons. The number of rotatable bonds is 12. The molecule has 1 atom stereocenters. The number of sulfonamides is 1.